The molecular weight excluding hydrogens is 254 g/mol. The summed E-state index contributed by atoms with van der Waals surface area (Å²) < 4.78 is 0. The molecule has 1 rings (SSSR count). The molecule has 0 fully saturated rings. The van der Waals surface area contributed by atoms with Crippen molar-refractivity contribution in [3.63, 3.8) is 0 Å². The van der Waals surface area contributed by atoms with Crippen molar-refractivity contribution >= 4 is 11.9 Å². The van der Waals surface area contributed by atoms with Crippen LogP contribution in [0.2, 0.25) is 0 Å². The van der Waals surface area contributed by atoms with E-state index >= 15 is 0 Å². The second kappa shape index (κ2) is 8.15. The van der Waals surface area contributed by atoms with Crippen LogP contribution < -0.4 is 5.32 Å². The number of amides is 1. The van der Waals surface area contributed by atoms with Gasteiger partial charge in [-0.3, -0.25) is 4.79 Å². The molecule has 0 saturated heterocycles. The molecule has 4 heteroatoms. The molecule has 0 aliphatic heterocycles. The minimum absolute atomic E-state index is 0.346. The van der Waals surface area contributed by atoms with Crippen LogP contribution in [0.25, 0.3) is 0 Å². The van der Waals surface area contributed by atoms with Gasteiger partial charge in [0.15, 0.2) is 0 Å². The van der Waals surface area contributed by atoms with Crippen molar-refractivity contribution in [2.45, 2.75) is 38.6 Å². The molecule has 108 valence electrons. The second-order valence-corrected chi connectivity index (χ2v) is 4.68. The van der Waals surface area contributed by atoms with Gasteiger partial charge in [-0.2, -0.15) is 0 Å². The number of hydrogen-bond acceptors (Lipinski definition) is 2. The Morgan fingerprint density at radius 3 is 2.50 bits per heavy atom. The highest BCUT2D eigenvalue weighted by Gasteiger charge is 2.19. The first kappa shape index (κ1) is 16.0. The molecule has 1 atom stereocenters. The Morgan fingerprint density at radius 2 is 2.00 bits per heavy atom. The number of carbonyl (C=O) groups is 2. The van der Waals surface area contributed by atoms with E-state index in [-0.39, 0.29) is 5.91 Å². The lowest BCUT2D eigenvalue weighted by atomic mass is 10.1. The minimum Gasteiger partial charge on any atom is -0.480 e. The van der Waals surface area contributed by atoms with Gasteiger partial charge >= 0.3 is 5.97 Å². The average Bonchev–Trinajstić information content (AvgIpc) is 2.44. The van der Waals surface area contributed by atoms with Gasteiger partial charge in [-0.15, -0.1) is 6.58 Å². The van der Waals surface area contributed by atoms with Crippen LogP contribution in [0.15, 0.2) is 36.9 Å². The third-order valence-electron chi connectivity index (χ3n) is 3.02. The number of rotatable bonds is 8. The summed E-state index contributed by atoms with van der Waals surface area (Å²) in [6, 6.07) is 6.38. The fraction of sp³-hybridized carbons (Fsp3) is 0.375. The van der Waals surface area contributed by atoms with Crippen LogP contribution in [0.3, 0.4) is 0 Å². The first-order chi connectivity index (χ1) is 9.58. The van der Waals surface area contributed by atoms with E-state index in [0.717, 1.165) is 12.8 Å². The van der Waals surface area contributed by atoms with Gasteiger partial charge in [-0.25, -0.2) is 4.79 Å². The smallest absolute Gasteiger partial charge is 0.326 e. The number of allylic oxidation sites excluding steroid dienone is 1. The summed E-state index contributed by atoms with van der Waals surface area (Å²) in [5.41, 5.74) is 1.65. The van der Waals surface area contributed by atoms with Gasteiger partial charge in [0, 0.05) is 5.56 Å². The van der Waals surface area contributed by atoms with Crippen LogP contribution in [-0.4, -0.2) is 23.0 Å². The van der Waals surface area contributed by atoms with Gasteiger partial charge in [-0.05, 0) is 37.0 Å². The quantitative estimate of drug-likeness (QED) is 0.717. The Bertz CT molecular complexity index is 465. The summed E-state index contributed by atoms with van der Waals surface area (Å²) in [6.07, 6.45) is 4.56. The lowest BCUT2D eigenvalue weighted by Crippen LogP contribution is -2.40. The maximum atomic E-state index is 12.0. The van der Waals surface area contributed by atoms with Crippen molar-refractivity contribution < 1.29 is 14.7 Å². The molecule has 0 saturated carbocycles. The fourth-order valence-electron chi connectivity index (χ4n) is 1.89. The van der Waals surface area contributed by atoms with Crippen LogP contribution in [0.5, 0.6) is 0 Å². The molecule has 2 N–H and O–H groups in total. The van der Waals surface area contributed by atoms with Gasteiger partial charge in [-0.1, -0.05) is 31.6 Å². The van der Waals surface area contributed by atoms with E-state index in [1.807, 2.05) is 12.1 Å². The van der Waals surface area contributed by atoms with Crippen LogP contribution in [-0.2, 0) is 11.2 Å². The normalized spacial score (nSPS) is 11.7. The molecule has 20 heavy (non-hydrogen) atoms. The Kier molecular flexibility index (Phi) is 6.50. The Hall–Kier alpha value is -2.10. The number of carboxylic acids is 1. The minimum atomic E-state index is -1.03. The van der Waals surface area contributed by atoms with E-state index in [0.29, 0.717) is 18.4 Å². The molecule has 1 amide bonds. The topological polar surface area (TPSA) is 66.4 Å². The molecule has 1 aromatic rings. The standard InChI is InChI=1S/C16H21NO3/c1-3-5-7-14(16(19)20)17-15(18)13-10-8-12(6-4-2)9-11-13/h3,8-11,14H,1,4-7H2,2H3,(H,17,18)(H,19,20). The molecule has 1 aromatic carbocycles. The van der Waals surface area contributed by atoms with Crippen molar-refractivity contribution in [2.75, 3.05) is 0 Å². The molecule has 4 nitrogen and oxygen atoms in total. The largest absolute Gasteiger partial charge is 0.480 e. The number of benzene rings is 1. The molecule has 0 bridgehead atoms. The summed E-state index contributed by atoms with van der Waals surface area (Å²) in [7, 11) is 0. The molecule has 0 aliphatic rings. The van der Waals surface area contributed by atoms with Gasteiger partial charge in [0.05, 0.1) is 0 Å². The summed E-state index contributed by atoms with van der Waals surface area (Å²) in [6.45, 7) is 5.65. The Balaban J connectivity index is 2.68. The van der Waals surface area contributed by atoms with Crippen molar-refractivity contribution in [2.24, 2.45) is 0 Å². The van der Waals surface area contributed by atoms with Crippen molar-refractivity contribution in [3.8, 4) is 0 Å². The predicted octanol–water partition coefficient (Wildman–Crippen LogP) is 2.79. The fourth-order valence-corrected chi connectivity index (χ4v) is 1.89. The van der Waals surface area contributed by atoms with Crippen LogP contribution in [0, 0.1) is 0 Å². The molecule has 0 spiro atoms. The van der Waals surface area contributed by atoms with Crippen molar-refractivity contribution in [1.82, 2.24) is 5.32 Å². The van der Waals surface area contributed by atoms with E-state index < -0.39 is 12.0 Å². The monoisotopic (exact) mass is 275 g/mol. The van der Waals surface area contributed by atoms with Gasteiger partial charge in [0.25, 0.3) is 5.91 Å². The molecule has 0 aliphatic carbocycles. The zero-order valence-electron chi connectivity index (χ0n) is 11.8. The van der Waals surface area contributed by atoms with E-state index in [1.165, 1.54) is 5.56 Å². The van der Waals surface area contributed by atoms with E-state index in [4.69, 9.17) is 5.11 Å². The summed E-state index contributed by atoms with van der Waals surface area (Å²) >= 11 is 0. The van der Waals surface area contributed by atoms with E-state index in [2.05, 4.69) is 18.8 Å². The highest BCUT2D eigenvalue weighted by Crippen LogP contribution is 2.08. The number of carbonyl (C=O) groups excluding carboxylic acids is 1. The maximum absolute atomic E-state index is 12.0. The average molecular weight is 275 g/mol. The third-order valence-corrected chi connectivity index (χ3v) is 3.02. The van der Waals surface area contributed by atoms with Gasteiger partial charge in [0.2, 0.25) is 0 Å². The molecule has 0 aromatic heterocycles. The van der Waals surface area contributed by atoms with E-state index in [1.54, 1.807) is 18.2 Å². The molecule has 0 heterocycles. The van der Waals surface area contributed by atoms with E-state index in [9.17, 15) is 9.59 Å². The van der Waals surface area contributed by atoms with Crippen LogP contribution in [0.4, 0.5) is 0 Å². The lowest BCUT2D eigenvalue weighted by Gasteiger charge is -2.13. The summed E-state index contributed by atoms with van der Waals surface area (Å²) in [5.74, 6) is -1.38. The number of aliphatic carboxylic acids is 1. The maximum Gasteiger partial charge on any atom is 0.326 e. The number of hydrogen-bond donors (Lipinski definition) is 2. The van der Waals surface area contributed by atoms with Crippen molar-refractivity contribution in [3.05, 3.63) is 48.0 Å². The Labute approximate surface area is 119 Å². The highest BCUT2D eigenvalue weighted by atomic mass is 16.4. The lowest BCUT2D eigenvalue weighted by molar-refractivity contribution is -0.139. The zero-order valence-corrected chi connectivity index (χ0v) is 11.8. The summed E-state index contributed by atoms with van der Waals surface area (Å²) in [5, 5.41) is 11.6. The second-order valence-electron chi connectivity index (χ2n) is 4.68. The highest BCUT2D eigenvalue weighted by molar-refractivity contribution is 5.96. The Morgan fingerprint density at radius 1 is 1.35 bits per heavy atom. The number of carboxylic acid groups (broad SMARTS) is 1. The van der Waals surface area contributed by atoms with Gasteiger partial charge < -0.3 is 10.4 Å². The zero-order chi connectivity index (χ0) is 15.0. The predicted molar refractivity (Wildman–Crippen MR) is 78.8 cm³/mol. The first-order valence-electron chi connectivity index (χ1n) is 6.82. The third kappa shape index (κ3) is 4.88. The number of aryl methyl sites for hydroxylation is 1. The molecular formula is C16H21NO3. The van der Waals surface area contributed by atoms with Crippen LogP contribution >= 0.6 is 0 Å². The van der Waals surface area contributed by atoms with Gasteiger partial charge in [0.1, 0.15) is 6.04 Å². The molecule has 1 unspecified atom stereocenters. The van der Waals surface area contributed by atoms with Crippen LogP contribution in [0.1, 0.15) is 42.1 Å². The molecule has 0 radical (unpaired) electrons. The first-order valence-corrected chi connectivity index (χ1v) is 6.82. The van der Waals surface area contributed by atoms with Crippen molar-refractivity contribution in [1.29, 1.82) is 0 Å². The number of nitrogens with one attached hydrogen (secondary N) is 1. The SMILES string of the molecule is C=CCCC(NC(=O)c1ccc(CCC)cc1)C(=O)O. The summed E-state index contributed by atoms with van der Waals surface area (Å²) in [4.78, 5) is 23.1.